The highest BCUT2D eigenvalue weighted by molar-refractivity contribution is 5.86. The monoisotopic (exact) mass is 369 g/mol. The molecule has 2 heterocycles. The molecule has 0 spiro atoms. The van der Waals surface area contributed by atoms with Crippen LogP contribution in [-0.2, 0) is 10.3 Å². The van der Waals surface area contributed by atoms with Crippen LogP contribution in [0.2, 0.25) is 0 Å². The van der Waals surface area contributed by atoms with Gasteiger partial charge in [-0.25, -0.2) is 19.2 Å². The number of benzene rings is 1. The Morgan fingerprint density at radius 2 is 2.26 bits per heavy atom. The number of halogens is 1. The summed E-state index contributed by atoms with van der Waals surface area (Å²) in [4.78, 5) is 20.1. The minimum atomic E-state index is -0.900. The molecule has 2 aromatic rings. The molecular weight excluding hydrogens is 353 g/mol. The van der Waals surface area contributed by atoms with Gasteiger partial charge in [-0.05, 0) is 31.2 Å². The van der Waals surface area contributed by atoms with Gasteiger partial charge in [-0.15, -0.1) is 0 Å². The van der Waals surface area contributed by atoms with Crippen LogP contribution in [0.15, 0.2) is 41.5 Å². The number of amides is 1. The molecule has 0 fully saturated rings. The Kier molecular flexibility index (Phi) is 4.90. The van der Waals surface area contributed by atoms with Crippen molar-refractivity contribution in [3.8, 4) is 11.9 Å². The van der Waals surface area contributed by atoms with Crippen molar-refractivity contribution in [1.29, 1.82) is 5.26 Å². The highest BCUT2D eigenvalue weighted by atomic mass is 19.1. The summed E-state index contributed by atoms with van der Waals surface area (Å²) in [6.45, 7) is 2.05. The number of ether oxygens (including phenoxy) is 2. The van der Waals surface area contributed by atoms with E-state index >= 15 is 0 Å². The SMILES string of the molecule is C[C@@]1(c2cc(NC(=O)Oc3ccc(C#N)cn3)ccc2F)CCOC(N)=N1. The molecule has 1 amide bonds. The number of hydrogen-bond acceptors (Lipinski definition) is 7. The predicted octanol–water partition coefficient (Wildman–Crippen LogP) is 2.65. The summed E-state index contributed by atoms with van der Waals surface area (Å²) in [5, 5.41) is 11.2. The Balaban J connectivity index is 1.76. The molecule has 1 aromatic heterocycles. The summed E-state index contributed by atoms with van der Waals surface area (Å²) >= 11 is 0. The lowest BCUT2D eigenvalue weighted by atomic mass is 9.88. The van der Waals surface area contributed by atoms with Gasteiger partial charge in [0.05, 0.1) is 17.7 Å². The van der Waals surface area contributed by atoms with Gasteiger partial charge in [-0.2, -0.15) is 5.26 Å². The van der Waals surface area contributed by atoms with Crippen molar-refractivity contribution in [2.45, 2.75) is 18.9 Å². The van der Waals surface area contributed by atoms with Gasteiger partial charge < -0.3 is 15.2 Å². The zero-order valence-electron chi connectivity index (χ0n) is 14.4. The Morgan fingerprint density at radius 3 is 2.93 bits per heavy atom. The third-order valence-corrected chi connectivity index (χ3v) is 4.05. The van der Waals surface area contributed by atoms with Crippen LogP contribution in [0.25, 0.3) is 0 Å². The first kappa shape index (κ1) is 18.1. The first-order chi connectivity index (χ1) is 12.9. The van der Waals surface area contributed by atoms with Crippen LogP contribution < -0.4 is 15.8 Å². The van der Waals surface area contributed by atoms with E-state index in [0.29, 0.717) is 24.3 Å². The van der Waals surface area contributed by atoms with Crippen LogP contribution in [-0.4, -0.2) is 23.7 Å². The van der Waals surface area contributed by atoms with Gasteiger partial charge in [0.1, 0.15) is 11.9 Å². The Hall–Kier alpha value is -3.67. The topological polar surface area (TPSA) is 123 Å². The van der Waals surface area contributed by atoms with E-state index in [1.807, 2.05) is 6.07 Å². The maximum absolute atomic E-state index is 14.4. The lowest BCUT2D eigenvalue weighted by molar-refractivity contribution is 0.212. The third kappa shape index (κ3) is 4.12. The number of carbonyl (C=O) groups is 1. The van der Waals surface area contributed by atoms with Gasteiger partial charge in [0.25, 0.3) is 6.02 Å². The van der Waals surface area contributed by atoms with Gasteiger partial charge in [-0.1, -0.05) is 0 Å². The minimum Gasteiger partial charge on any atom is -0.465 e. The van der Waals surface area contributed by atoms with Crippen molar-refractivity contribution < 1.29 is 18.7 Å². The van der Waals surface area contributed by atoms with Crippen molar-refractivity contribution in [2.75, 3.05) is 11.9 Å². The average molecular weight is 369 g/mol. The molecule has 0 saturated carbocycles. The van der Waals surface area contributed by atoms with Crippen molar-refractivity contribution in [1.82, 2.24) is 4.98 Å². The summed E-state index contributed by atoms with van der Waals surface area (Å²) in [6, 6.07) is 8.89. The number of amidine groups is 1. The second-order valence-electron chi connectivity index (χ2n) is 6.03. The molecule has 27 heavy (non-hydrogen) atoms. The second kappa shape index (κ2) is 7.29. The smallest absolute Gasteiger partial charge is 0.418 e. The number of nitriles is 1. The average Bonchev–Trinajstić information content (AvgIpc) is 2.63. The van der Waals surface area contributed by atoms with E-state index < -0.39 is 17.4 Å². The zero-order valence-corrected chi connectivity index (χ0v) is 14.4. The van der Waals surface area contributed by atoms with Gasteiger partial charge in [0.15, 0.2) is 0 Å². The molecule has 1 atom stereocenters. The third-order valence-electron chi connectivity index (χ3n) is 4.05. The highest BCUT2D eigenvalue weighted by Gasteiger charge is 2.33. The van der Waals surface area contributed by atoms with E-state index in [4.69, 9.17) is 20.5 Å². The molecule has 8 nitrogen and oxygen atoms in total. The van der Waals surface area contributed by atoms with Crippen LogP contribution in [0.4, 0.5) is 14.9 Å². The van der Waals surface area contributed by atoms with Crippen molar-refractivity contribution in [2.24, 2.45) is 10.7 Å². The van der Waals surface area contributed by atoms with Crippen LogP contribution in [0, 0.1) is 17.1 Å². The molecule has 1 aliphatic rings. The first-order valence-electron chi connectivity index (χ1n) is 8.03. The van der Waals surface area contributed by atoms with E-state index in [0.717, 1.165) is 0 Å². The first-order valence-corrected chi connectivity index (χ1v) is 8.03. The maximum Gasteiger partial charge on any atom is 0.418 e. The van der Waals surface area contributed by atoms with Crippen molar-refractivity contribution in [3.63, 3.8) is 0 Å². The fourth-order valence-electron chi connectivity index (χ4n) is 2.64. The number of nitrogens with two attached hydrogens (primary N) is 1. The maximum atomic E-state index is 14.4. The van der Waals surface area contributed by atoms with Crippen molar-refractivity contribution >= 4 is 17.8 Å². The van der Waals surface area contributed by atoms with Crippen LogP contribution >= 0.6 is 0 Å². The van der Waals surface area contributed by atoms with Gasteiger partial charge >= 0.3 is 6.09 Å². The van der Waals surface area contributed by atoms with Crippen molar-refractivity contribution in [3.05, 3.63) is 53.5 Å². The molecule has 0 bridgehead atoms. The van der Waals surface area contributed by atoms with E-state index in [2.05, 4.69) is 15.3 Å². The number of pyridine rings is 1. The number of nitrogens with zero attached hydrogens (tertiary/aromatic N) is 3. The number of nitrogens with one attached hydrogen (secondary N) is 1. The number of aromatic nitrogens is 1. The Labute approximate surface area is 154 Å². The fraction of sp³-hybridized carbons (Fsp3) is 0.222. The standard InChI is InChI=1S/C18H16FN5O3/c1-18(6-7-26-16(21)24-18)13-8-12(3-4-14(13)19)23-17(25)27-15-5-2-11(9-20)10-22-15/h2-5,8,10H,6-7H2,1H3,(H2,21,24)(H,23,25)/t18-/m0/s1. The molecule has 1 aliphatic heterocycles. The van der Waals surface area contributed by atoms with E-state index in [9.17, 15) is 9.18 Å². The van der Waals surface area contributed by atoms with Gasteiger partial charge in [0.2, 0.25) is 5.88 Å². The molecule has 0 radical (unpaired) electrons. The molecule has 0 saturated heterocycles. The largest absolute Gasteiger partial charge is 0.465 e. The molecular formula is C18H16FN5O3. The lowest BCUT2D eigenvalue weighted by Gasteiger charge is -2.30. The predicted molar refractivity (Wildman–Crippen MR) is 94.5 cm³/mol. The number of aliphatic imine (C=N–C) groups is 1. The normalized spacial score (nSPS) is 18.6. The quantitative estimate of drug-likeness (QED) is 0.857. The molecule has 1 aromatic carbocycles. The van der Waals surface area contributed by atoms with Gasteiger partial charge in [-0.3, -0.25) is 5.32 Å². The Morgan fingerprint density at radius 1 is 1.44 bits per heavy atom. The highest BCUT2D eigenvalue weighted by Crippen LogP contribution is 2.35. The Bertz CT molecular complexity index is 939. The number of anilines is 1. The summed E-state index contributed by atoms with van der Waals surface area (Å²) in [7, 11) is 0. The molecule has 3 N–H and O–H groups in total. The zero-order chi connectivity index (χ0) is 19.4. The summed E-state index contributed by atoms with van der Waals surface area (Å²) in [6.07, 6.45) is 0.922. The summed E-state index contributed by atoms with van der Waals surface area (Å²) < 4.78 is 24.5. The molecule has 138 valence electrons. The molecule has 0 aliphatic carbocycles. The van der Waals surface area contributed by atoms with Gasteiger partial charge in [0, 0.05) is 29.9 Å². The van der Waals surface area contributed by atoms with E-state index in [-0.39, 0.29) is 17.5 Å². The van der Waals surface area contributed by atoms with Crippen LogP contribution in [0.5, 0.6) is 5.88 Å². The summed E-state index contributed by atoms with van der Waals surface area (Å²) in [5.41, 5.74) is 5.66. The molecule has 9 heteroatoms. The van der Waals surface area contributed by atoms with E-state index in [1.165, 1.54) is 36.5 Å². The summed E-state index contributed by atoms with van der Waals surface area (Å²) in [5.74, 6) is -0.439. The number of hydrogen-bond donors (Lipinski definition) is 2. The fourth-order valence-corrected chi connectivity index (χ4v) is 2.64. The number of rotatable bonds is 3. The van der Waals surface area contributed by atoms with E-state index in [1.54, 1.807) is 6.92 Å². The lowest BCUT2D eigenvalue weighted by Crippen LogP contribution is -2.34. The minimum absolute atomic E-state index is 0.00666. The van der Waals surface area contributed by atoms with Crippen LogP contribution in [0.3, 0.4) is 0 Å². The second-order valence-corrected chi connectivity index (χ2v) is 6.03. The van der Waals surface area contributed by atoms with Crippen LogP contribution in [0.1, 0.15) is 24.5 Å². The molecule has 3 rings (SSSR count). The molecule has 0 unspecified atom stereocenters. The number of carbonyl (C=O) groups excluding carboxylic acids is 1.